The zero-order chi connectivity index (χ0) is 12.3. The van der Waals surface area contributed by atoms with Gasteiger partial charge in [-0.05, 0) is 12.5 Å². The number of carbonyl (C=O) groups excluding carboxylic acids is 1. The number of pyridine rings is 1. The third kappa shape index (κ3) is 2.58. The molecule has 1 amide bonds. The van der Waals surface area contributed by atoms with Crippen LogP contribution in [-0.4, -0.2) is 41.6 Å². The van der Waals surface area contributed by atoms with E-state index in [4.69, 9.17) is 16.3 Å². The Morgan fingerprint density at radius 2 is 2.53 bits per heavy atom. The van der Waals surface area contributed by atoms with E-state index in [0.29, 0.717) is 30.3 Å². The molecule has 1 aromatic heterocycles. The Balaban J connectivity index is 2.21. The van der Waals surface area contributed by atoms with Crippen LogP contribution in [0.2, 0.25) is 5.02 Å². The van der Waals surface area contributed by atoms with E-state index in [1.54, 1.807) is 12.3 Å². The first kappa shape index (κ1) is 12.3. The zero-order valence-electron chi connectivity index (χ0n) is 9.73. The Morgan fingerprint density at radius 3 is 3.24 bits per heavy atom. The van der Waals surface area contributed by atoms with Gasteiger partial charge >= 0.3 is 0 Å². The molecule has 1 saturated heterocycles. The fourth-order valence-electron chi connectivity index (χ4n) is 1.95. The van der Waals surface area contributed by atoms with Crippen LogP contribution in [0.3, 0.4) is 0 Å². The highest BCUT2D eigenvalue weighted by Crippen LogP contribution is 2.19. The van der Waals surface area contributed by atoms with E-state index in [1.165, 1.54) is 6.20 Å². The summed E-state index contributed by atoms with van der Waals surface area (Å²) < 4.78 is 5.38. The van der Waals surface area contributed by atoms with Gasteiger partial charge in [0.05, 0.1) is 29.8 Å². The number of hydrogen-bond donors (Lipinski definition) is 0. The minimum Gasteiger partial charge on any atom is -0.377 e. The van der Waals surface area contributed by atoms with Gasteiger partial charge < -0.3 is 9.64 Å². The fraction of sp³-hybridized carbons (Fsp3) is 0.500. The Bertz CT molecular complexity index is 411. The van der Waals surface area contributed by atoms with Gasteiger partial charge in [-0.3, -0.25) is 9.78 Å². The van der Waals surface area contributed by atoms with E-state index in [-0.39, 0.29) is 11.9 Å². The maximum atomic E-state index is 12.3. The number of hydrogen-bond acceptors (Lipinski definition) is 3. The first-order chi connectivity index (χ1) is 8.24. The summed E-state index contributed by atoms with van der Waals surface area (Å²) in [4.78, 5) is 18.1. The van der Waals surface area contributed by atoms with Crippen molar-refractivity contribution in [3.05, 3.63) is 29.0 Å². The molecule has 0 radical (unpaired) electrons. The van der Waals surface area contributed by atoms with Gasteiger partial charge in [-0.15, -0.1) is 0 Å². The summed E-state index contributed by atoms with van der Waals surface area (Å²) >= 11 is 6.01. The lowest BCUT2D eigenvalue weighted by Gasteiger charge is -2.35. The van der Waals surface area contributed by atoms with Crippen molar-refractivity contribution in [1.29, 1.82) is 0 Å². The van der Waals surface area contributed by atoms with E-state index in [9.17, 15) is 4.79 Å². The monoisotopic (exact) mass is 254 g/mol. The van der Waals surface area contributed by atoms with Crippen molar-refractivity contribution in [2.45, 2.75) is 19.4 Å². The summed E-state index contributed by atoms with van der Waals surface area (Å²) in [5.41, 5.74) is 0.467. The van der Waals surface area contributed by atoms with Gasteiger partial charge in [-0.25, -0.2) is 0 Å². The molecule has 0 spiro atoms. The summed E-state index contributed by atoms with van der Waals surface area (Å²) in [5.74, 6) is -0.0572. The minimum absolute atomic E-state index is 0.0572. The van der Waals surface area contributed by atoms with E-state index in [0.717, 1.165) is 6.42 Å². The second kappa shape index (κ2) is 5.47. The minimum atomic E-state index is -0.0572. The lowest BCUT2D eigenvalue weighted by atomic mass is 10.1. The first-order valence-corrected chi connectivity index (χ1v) is 6.10. The average molecular weight is 255 g/mol. The molecule has 1 atom stereocenters. The molecule has 1 unspecified atom stereocenters. The number of morpholine rings is 1. The van der Waals surface area contributed by atoms with Crippen LogP contribution in [0.25, 0.3) is 0 Å². The smallest absolute Gasteiger partial charge is 0.257 e. The predicted molar refractivity (Wildman–Crippen MR) is 65.2 cm³/mol. The first-order valence-electron chi connectivity index (χ1n) is 5.72. The molecule has 5 heteroatoms. The molecule has 1 fully saturated rings. The lowest BCUT2D eigenvalue weighted by molar-refractivity contribution is -0.00281. The van der Waals surface area contributed by atoms with Gasteiger partial charge in [0.25, 0.3) is 5.91 Å². The third-order valence-electron chi connectivity index (χ3n) is 2.96. The zero-order valence-corrected chi connectivity index (χ0v) is 10.5. The number of aromatic nitrogens is 1. The molecule has 17 heavy (non-hydrogen) atoms. The maximum absolute atomic E-state index is 12.3. The van der Waals surface area contributed by atoms with Gasteiger partial charge in [0.2, 0.25) is 0 Å². The highest BCUT2D eigenvalue weighted by molar-refractivity contribution is 6.33. The summed E-state index contributed by atoms with van der Waals surface area (Å²) in [6, 6.07) is 1.77. The fourth-order valence-corrected chi connectivity index (χ4v) is 2.14. The van der Waals surface area contributed by atoms with Crippen molar-refractivity contribution < 1.29 is 9.53 Å². The van der Waals surface area contributed by atoms with Crippen LogP contribution in [0.4, 0.5) is 0 Å². The summed E-state index contributed by atoms with van der Waals surface area (Å²) in [7, 11) is 0. The van der Waals surface area contributed by atoms with E-state index < -0.39 is 0 Å². The van der Waals surface area contributed by atoms with Crippen LogP contribution in [0.15, 0.2) is 18.5 Å². The summed E-state index contributed by atoms with van der Waals surface area (Å²) in [6.45, 7) is 3.84. The third-order valence-corrected chi connectivity index (χ3v) is 3.29. The molecule has 0 aliphatic carbocycles. The topological polar surface area (TPSA) is 42.4 Å². The van der Waals surface area contributed by atoms with E-state index >= 15 is 0 Å². The molecule has 2 rings (SSSR count). The van der Waals surface area contributed by atoms with Crippen molar-refractivity contribution >= 4 is 17.5 Å². The molecule has 4 nitrogen and oxygen atoms in total. The van der Waals surface area contributed by atoms with Crippen molar-refractivity contribution in [3.8, 4) is 0 Å². The number of amides is 1. The molecular weight excluding hydrogens is 240 g/mol. The molecule has 1 aliphatic rings. The quantitative estimate of drug-likeness (QED) is 0.811. The normalized spacial score (nSPS) is 20.4. The number of ether oxygens (including phenoxy) is 1. The molecule has 0 N–H and O–H groups in total. The molecule has 0 saturated carbocycles. The largest absolute Gasteiger partial charge is 0.377 e. The van der Waals surface area contributed by atoms with Crippen LogP contribution in [0.5, 0.6) is 0 Å². The van der Waals surface area contributed by atoms with Crippen molar-refractivity contribution in [2.75, 3.05) is 19.8 Å². The van der Waals surface area contributed by atoms with Crippen LogP contribution < -0.4 is 0 Å². The number of nitrogens with zero attached hydrogens (tertiary/aromatic N) is 2. The molecule has 1 aliphatic heterocycles. The Labute approximate surface area is 106 Å². The van der Waals surface area contributed by atoms with Crippen molar-refractivity contribution in [2.24, 2.45) is 0 Å². The Hall–Kier alpha value is -1.13. The van der Waals surface area contributed by atoms with Gasteiger partial charge in [-0.1, -0.05) is 18.5 Å². The maximum Gasteiger partial charge on any atom is 0.257 e. The summed E-state index contributed by atoms with van der Waals surface area (Å²) in [6.07, 6.45) is 3.98. The molecule has 0 bridgehead atoms. The second-order valence-electron chi connectivity index (χ2n) is 3.99. The lowest BCUT2D eigenvalue weighted by Crippen LogP contribution is -2.48. The molecule has 0 aromatic carbocycles. The molecule has 2 heterocycles. The van der Waals surface area contributed by atoms with Gasteiger partial charge in [0, 0.05) is 18.9 Å². The highest BCUT2D eigenvalue weighted by Gasteiger charge is 2.27. The molecule has 1 aromatic rings. The number of rotatable bonds is 2. The van der Waals surface area contributed by atoms with Crippen LogP contribution >= 0.6 is 11.6 Å². The number of halogens is 1. The van der Waals surface area contributed by atoms with Crippen LogP contribution in [0, 0.1) is 0 Å². The van der Waals surface area contributed by atoms with Gasteiger partial charge in [-0.2, -0.15) is 0 Å². The van der Waals surface area contributed by atoms with Crippen LogP contribution in [-0.2, 0) is 4.74 Å². The highest BCUT2D eigenvalue weighted by atomic mass is 35.5. The Morgan fingerprint density at radius 1 is 1.71 bits per heavy atom. The molecule has 92 valence electrons. The Kier molecular flexibility index (Phi) is 3.97. The number of carbonyl (C=O) groups is 1. The second-order valence-corrected chi connectivity index (χ2v) is 4.40. The SMILES string of the molecule is CCC1COCCN1C(=O)c1cnccc1Cl. The van der Waals surface area contributed by atoms with Gasteiger partial charge in [0.1, 0.15) is 0 Å². The summed E-state index contributed by atoms with van der Waals surface area (Å²) in [5, 5.41) is 0.450. The van der Waals surface area contributed by atoms with Crippen LogP contribution in [0.1, 0.15) is 23.7 Å². The van der Waals surface area contributed by atoms with E-state index in [1.807, 2.05) is 11.8 Å². The van der Waals surface area contributed by atoms with Crippen molar-refractivity contribution in [3.63, 3.8) is 0 Å². The van der Waals surface area contributed by atoms with E-state index in [2.05, 4.69) is 4.98 Å². The average Bonchev–Trinajstić information content (AvgIpc) is 2.38. The van der Waals surface area contributed by atoms with Gasteiger partial charge in [0.15, 0.2) is 0 Å². The van der Waals surface area contributed by atoms with Crippen molar-refractivity contribution in [1.82, 2.24) is 9.88 Å². The standard InChI is InChI=1S/C12H15ClN2O2/c1-2-9-8-17-6-5-15(9)12(16)10-7-14-4-3-11(10)13/h3-4,7,9H,2,5-6,8H2,1H3. The predicted octanol–water partition coefficient (Wildman–Crippen LogP) is 1.99. The molecular formula is C12H15ClN2O2.